The minimum Gasteiger partial charge on any atom is -0.496 e. The van der Waals surface area contributed by atoms with Gasteiger partial charge in [-0.2, -0.15) is 5.26 Å². The fourth-order valence-corrected chi connectivity index (χ4v) is 3.09. The summed E-state index contributed by atoms with van der Waals surface area (Å²) in [6.45, 7) is 0. The van der Waals surface area contributed by atoms with Gasteiger partial charge >= 0.3 is 0 Å². The number of ether oxygens (including phenoxy) is 1. The van der Waals surface area contributed by atoms with Crippen molar-refractivity contribution in [1.29, 1.82) is 5.26 Å². The summed E-state index contributed by atoms with van der Waals surface area (Å²) in [5.74, 6) is 0.887. The first kappa shape index (κ1) is 9.72. The van der Waals surface area contributed by atoms with Crippen LogP contribution in [0.15, 0.2) is 12.1 Å². The number of nitrogens with zero attached hydrogens (tertiary/aromatic N) is 1. The van der Waals surface area contributed by atoms with Gasteiger partial charge in [-0.1, -0.05) is 6.07 Å². The second-order valence-electron chi connectivity index (χ2n) is 4.89. The van der Waals surface area contributed by atoms with Crippen LogP contribution in [0.3, 0.4) is 0 Å². The van der Waals surface area contributed by atoms with Crippen molar-refractivity contribution in [2.45, 2.75) is 37.5 Å². The number of hydrogen-bond acceptors (Lipinski definition) is 2. The maximum Gasteiger partial charge on any atom is 0.123 e. The molecule has 0 saturated heterocycles. The van der Waals surface area contributed by atoms with Gasteiger partial charge in [-0.05, 0) is 48.3 Å². The van der Waals surface area contributed by atoms with Crippen molar-refractivity contribution >= 4 is 0 Å². The highest BCUT2D eigenvalue weighted by atomic mass is 16.5. The second kappa shape index (κ2) is 3.25. The quantitative estimate of drug-likeness (QED) is 0.756. The molecule has 0 heterocycles. The van der Waals surface area contributed by atoms with E-state index in [1.54, 1.807) is 7.11 Å². The largest absolute Gasteiger partial charge is 0.496 e. The number of benzene rings is 1. The summed E-state index contributed by atoms with van der Waals surface area (Å²) < 4.78 is 5.36. The minimum absolute atomic E-state index is 0.475. The van der Waals surface area contributed by atoms with Crippen LogP contribution in [-0.2, 0) is 18.3 Å². The van der Waals surface area contributed by atoms with Crippen LogP contribution in [0, 0.1) is 11.3 Å². The molecule has 0 aliphatic heterocycles. The van der Waals surface area contributed by atoms with Gasteiger partial charge in [-0.25, -0.2) is 0 Å². The van der Waals surface area contributed by atoms with Crippen LogP contribution in [0.5, 0.6) is 5.75 Å². The zero-order chi connectivity index (χ0) is 11.2. The predicted molar refractivity (Wildman–Crippen MR) is 61.5 cm³/mol. The Morgan fingerprint density at radius 1 is 1.38 bits per heavy atom. The van der Waals surface area contributed by atoms with E-state index in [4.69, 9.17) is 10.00 Å². The fourth-order valence-electron chi connectivity index (χ4n) is 3.09. The van der Waals surface area contributed by atoms with Crippen molar-refractivity contribution in [3.63, 3.8) is 0 Å². The van der Waals surface area contributed by atoms with E-state index in [-0.39, 0.29) is 0 Å². The van der Waals surface area contributed by atoms with E-state index >= 15 is 0 Å². The highest BCUT2D eigenvalue weighted by Gasteiger charge is 2.49. The molecule has 2 aliphatic rings. The van der Waals surface area contributed by atoms with E-state index in [9.17, 15) is 0 Å². The molecular weight excluding hydrogens is 198 g/mol. The number of methoxy groups -OCH3 is 1. The Morgan fingerprint density at radius 3 is 2.81 bits per heavy atom. The molecule has 0 amide bonds. The normalized spacial score (nSPS) is 19.2. The molecule has 2 heteroatoms. The zero-order valence-electron chi connectivity index (χ0n) is 9.55. The summed E-state index contributed by atoms with van der Waals surface area (Å²) in [6, 6.07) is 6.51. The molecule has 0 N–H and O–H groups in total. The van der Waals surface area contributed by atoms with Crippen molar-refractivity contribution in [1.82, 2.24) is 0 Å². The molecule has 1 aromatic carbocycles. The van der Waals surface area contributed by atoms with Crippen LogP contribution < -0.4 is 4.74 Å². The minimum atomic E-state index is 0.475. The highest BCUT2D eigenvalue weighted by Crippen LogP contribution is 2.57. The van der Waals surface area contributed by atoms with Crippen LogP contribution in [0.1, 0.15) is 36.0 Å². The predicted octanol–water partition coefficient (Wildman–Crippen LogP) is 2.74. The van der Waals surface area contributed by atoms with Crippen molar-refractivity contribution in [3.05, 3.63) is 28.8 Å². The molecule has 1 fully saturated rings. The Balaban J connectivity index is 2.14. The van der Waals surface area contributed by atoms with E-state index in [1.165, 1.54) is 30.4 Å². The van der Waals surface area contributed by atoms with Gasteiger partial charge in [0.25, 0.3) is 0 Å². The SMILES string of the molecule is COc1ccc2c(c1CC#N)CCC21CC1. The average molecular weight is 213 g/mol. The van der Waals surface area contributed by atoms with Crippen LogP contribution >= 0.6 is 0 Å². The standard InChI is InChI=1S/C14H15NO/c1-16-13-3-2-12-10(11(13)5-9-15)4-6-14(12)7-8-14/h2-3H,4-8H2,1H3. The van der Waals surface area contributed by atoms with Crippen molar-refractivity contribution in [2.24, 2.45) is 0 Å². The van der Waals surface area contributed by atoms with E-state index in [1.807, 2.05) is 6.07 Å². The Bertz CT molecular complexity index is 480. The summed E-state index contributed by atoms with van der Waals surface area (Å²) in [6.07, 6.45) is 5.54. The topological polar surface area (TPSA) is 33.0 Å². The highest BCUT2D eigenvalue weighted by molar-refractivity contribution is 5.53. The lowest BCUT2D eigenvalue weighted by molar-refractivity contribution is 0.410. The van der Waals surface area contributed by atoms with Gasteiger partial charge in [0, 0.05) is 5.56 Å². The first-order valence-electron chi connectivity index (χ1n) is 5.87. The molecule has 1 aromatic rings. The molecule has 0 aromatic heterocycles. The Hall–Kier alpha value is -1.49. The van der Waals surface area contributed by atoms with Crippen molar-refractivity contribution in [3.8, 4) is 11.8 Å². The van der Waals surface area contributed by atoms with Gasteiger partial charge < -0.3 is 4.74 Å². The molecule has 2 aliphatic carbocycles. The third-order valence-corrected chi connectivity index (χ3v) is 4.14. The van der Waals surface area contributed by atoms with Gasteiger partial charge in [0.2, 0.25) is 0 Å². The molecule has 1 saturated carbocycles. The molecule has 82 valence electrons. The van der Waals surface area contributed by atoms with Gasteiger partial charge in [-0.15, -0.1) is 0 Å². The van der Waals surface area contributed by atoms with E-state index in [2.05, 4.69) is 12.1 Å². The molecule has 0 radical (unpaired) electrons. The third-order valence-electron chi connectivity index (χ3n) is 4.14. The first-order valence-corrected chi connectivity index (χ1v) is 5.87. The van der Waals surface area contributed by atoms with Crippen molar-refractivity contribution < 1.29 is 4.74 Å². The van der Waals surface area contributed by atoms with Crippen LogP contribution in [0.2, 0.25) is 0 Å². The monoisotopic (exact) mass is 213 g/mol. The maximum atomic E-state index is 8.91. The number of hydrogen-bond donors (Lipinski definition) is 0. The number of fused-ring (bicyclic) bond motifs is 2. The molecular formula is C14H15NO. The fraction of sp³-hybridized carbons (Fsp3) is 0.500. The molecule has 0 unspecified atom stereocenters. The van der Waals surface area contributed by atoms with Crippen LogP contribution in [0.25, 0.3) is 0 Å². The zero-order valence-corrected chi connectivity index (χ0v) is 9.55. The third kappa shape index (κ3) is 1.18. The first-order chi connectivity index (χ1) is 7.80. The van der Waals surface area contributed by atoms with Crippen LogP contribution in [0.4, 0.5) is 0 Å². The summed E-state index contributed by atoms with van der Waals surface area (Å²) in [5, 5.41) is 8.91. The van der Waals surface area contributed by atoms with Gasteiger partial charge in [-0.3, -0.25) is 0 Å². The molecule has 1 spiro atoms. The van der Waals surface area contributed by atoms with Gasteiger partial charge in [0.1, 0.15) is 5.75 Å². The van der Waals surface area contributed by atoms with Crippen molar-refractivity contribution in [2.75, 3.05) is 7.11 Å². The second-order valence-corrected chi connectivity index (χ2v) is 4.89. The number of rotatable bonds is 2. The van der Waals surface area contributed by atoms with E-state index in [0.29, 0.717) is 11.8 Å². The molecule has 16 heavy (non-hydrogen) atoms. The molecule has 3 rings (SSSR count). The summed E-state index contributed by atoms with van der Waals surface area (Å²) in [4.78, 5) is 0. The maximum absolute atomic E-state index is 8.91. The Labute approximate surface area is 95.8 Å². The Morgan fingerprint density at radius 2 is 2.19 bits per heavy atom. The lowest BCUT2D eigenvalue weighted by Crippen LogP contribution is -2.02. The molecule has 2 nitrogen and oxygen atoms in total. The summed E-state index contributed by atoms with van der Waals surface area (Å²) >= 11 is 0. The molecule has 0 bridgehead atoms. The lowest BCUT2D eigenvalue weighted by Gasteiger charge is -2.13. The number of nitriles is 1. The summed E-state index contributed by atoms with van der Waals surface area (Å²) in [7, 11) is 1.68. The Kier molecular flexibility index (Phi) is 1.97. The molecule has 0 atom stereocenters. The average Bonchev–Trinajstić information content (AvgIpc) is 2.98. The van der Waals surface area contributed by atoms with Gasteiger partial charge in [0.15, 0.2) is 0 Å². The van der Waals surface area contributed by atoms with E-state index in [0.717, 1.165) is 17.7 Å². The summed E-state index contributed by atoms with van der Waals surface area (Å²) in [5.41, 5.74) is 4.52. The van der Waals surface area contributed by atoms with Gasteiger partial charge in [0.05, 0.1) is 19.6 Å². The van der Waals surface area contributed by atoms with Crippen LogP contribution in [-0.4, -0.2) is 7.11 Å². The lowest BCUT2D eigenvalue weighted by atomic mass is 9.95. The smallest absolute Gasteiger partial charge is 0.123 e. The van der Waals surface area contributed by atoms with E-state index < -0.39 is 0 Å².